The number of aryl methyl sites for hydroxylation is 2. The Labute approximate surface area is 209 Å². The molecule has 1 saturated heterocycles. The average Bonchev–Trinajstić information content (AvgIpc) is 3.24. The second-order valence-electron chi connectivity index (χ2n) is 10.8. The van der Waals surface area contributed by atoms with E-state index in [4.69, 9.17) is 5.10 Å². The lowest BCUT2D eigenvalue weighted by atomic mass is 9.88. The van der Waals surface area contributed by atoms with E-state index in [2.05, 4.69) is 90.8 Å². The van der Waals surface area contributed by atoms with Crippen molar-refractivity contribution in [2.75, 3.05) is 27.2 Å². The van der Waals surface area contributed by atoms with E-state index >= 15 is 0 Å². The van der Waals surface area contributed by atoms with Crippen LogP contribution < -0.4 is 0 Å². The summed E-state index contributed by atoms with van der Waals surface area (Å²) in [5, 5.41) is 4.92. The van der Waals surface area contributed by atoms with Gasteiger partial charge < -0.3 is 14.7 Å². The van der Waals surface area contributed by atoms with Gasteiger partial charge in [-0.05, 0) is 89.9 Å². The highest BCUT2D eigenvalue weighted by atomic mass is 15.2. The number of fused-ring (bicyclic) bond motifs is 2. The van der Waals surface area contributed by atoms with E-state index in [1.165, 1.54) is 17.0 Å². The molecule has 0 bridgehead atoms. The van der Waals surface area contributed by atoms with Gasteiger partial charge in [0.25, 0.3) is 0 Å². The molecule has 0 spiro atoms. The van der Waals surface area contributed by atoms with Gasteiger partial charge >= 0.3 is 0 Å². The molecule has 5 rings (SSSR count). The maximum Gasteiger partial charge on any atom is 0.0897 e. The van der Waals surface area contributed by atoms with Crippen molar-refractivity contribution in [3.63, 3.8) is 0 Å². The molecule has 6 nitrogen and oxygen atoms in total. The highest BCUT2D eigenvalue weighted by molar-refractivity contribution is 5.72. The first kappa shape index (κ1) is 23.6. The molecule has 0 N–H and O–H groups in total. The van der Waals surface area contributed by atoms with Gasteiger partial charge in [0.15, 0.2) is 0 Å². The normalized spacial score (nSPS) is 22.5. The molecule has 1 atom stereocenters. The number of likely N-dealkylation sites (tertiary alicyclic amines) is 1. The number of piperidine rings is 1. The van der Waals surface area contributed by atoms with Crippen molar-refractivity contribution in [3.05, 3.63) is 83.5 Å². The van der Waals surface area contributed by atoms with Crippen LogP contribution in [0.15, 0.2) is 66.4 Å². The van der Waals surface area contributed by atoms with Gasteiger partial charge in [-0.3, -0.25) is 4.98 Å². The van der Waals surface area contributed by atoms with Crippen molar-refractivity contribution in [2.45, 2.75) is 52.5 Å². The van der Waals surface area contributed by atoms with Gasteiger partial charge in [0, 0.05) is 36.2 Å². The third kappa shape index (κ3) is 4.36. The molecule has 1 fully saturated rings. The zero-order chi connectivity index (χ0) is 24.9. The molecule has 0 saturated carbocycles. The summed E-state index contributed by atoms with van der Waals surface area (Å²) < 4.78 is 1.96. The Kier molecular flexibility index (Phi) is 5.96. The largest absolute Gasteiger partial charge is 0.370 e. The van der Waals surface area contributed by atoms with Gasteiger partial charge in [-0.15, -0.1) is 0 Å². The van der Waals surface area contributed by atoms with Gasteiger partial charge in [-0.25, -0.2) is 4.52 Å². The van der Waals surface area contributed by atoms with Crippen LogP contribution in [0.5, 0.6) is 0 Å². The van der Waals surface area contributed by atoms with E-state index in [9.17, 15) is 0 Å². The lowest BCUT2D eigenvalue weighted by Gasteiger charge is -2.45. The molecular formula is C29H38N6. The van der Waals surface area contributed by atoms with Gasteiger partial charge in [-0.1, -0.05) is 19.6 Å². The zero-order valence-corrected chi connectivity index (χ0v) is 22.0. The number of aromatic nitrogens is 3. The Morgan fingerprint density at radius 2 is 1.83 bits per heavy atom. The maximum absolute atomic E-state index is 4.92. The smallest absolute Gasteiger partial charge is 0.0897 e. The summed E-state index contributed by atoms with van der Waals surface area (Å²) in [6.45, 7) is 15.3. The van der Waals surface area contributed by atoms with Gasteiger partial charge in [0.05, 0.1) is 34.5 Å². The summed E-state index contributed by atoms with van der Waals surface area (Å²) in [6.07, 6.45) is 16.6. The van der Waals surface area contributed by atoms with Crippen molar-refractivity contribution >= 4 is 11.1 Å². The first-order chi connectivity index (χ1) is 16.6. The topological polar surface area (TPSA) is 39.9 Å². The molecule has 2 aromatic rings. The maximum atomic E-state index is 4.92. The molecule has 0 aromatic carbocycles. The Hall–Kier alpha value is -3.12. The molecule has 1 unspecified atom stereocenters. The van der Waals surface area contributed by atoms with Crippen LogP contribution in [0.2, 0.25) is 0 Å². The molecule has 3 aliphatic heterocycles. The fraction of sp³-hybridized carbons (Fsp3) is 0.448. The van der Waals surface area contributed by atoms with Gasteiger partial charge in [0.1, 0.15) is 0 Å². The molecule has 6 heteroatoms. The second-order valence-corrected chi connectivity index (χ2v) is 10.8. The highest BCUT2D eigenvalue weighted by Gasteiger charge is 2.33. The third-order valence-corrected chi connectivity index (χ3v) is 8.15. The molecule has 0 radical (unpaired) electrons. The third-order valence-electron chi connectivity index (χ3n) is 8.15. The summed E-state index contributed by atoms with van der Waals surface area (Å²) in [4.78, 5) is 11.7. The molecule has 35 heavy (non-hydrogen) atoms. The van der Waals surface area contributed by atoms with Crippen molar-refractivity contribution in [1.82, 2.24) is 29.3 Å². The van der Waals surface area contributed by atoms with E-state index in [1.54, 1.807) is 0 Å². The van der Waals surface area contributed by atoms with Crippen molar-refractivity contribution in [1.29, 1.82) is 0 Å². The van der Waals surface area contributed by atoms with Crippen LogP contribution in [0.25, 0.3) is 11.1 Å². The number of hydrogen-bond donors (Lipinski definition) is 0. The fourth-order valence-electron chi connectivity index (χ4n) is 5.37. The zero-order valence-electron chi connectivity index (χ0n) is 22.0. The van der Waals surface area contributed by atoms with E-state index in [1.807, 2.05) is 24.6 Å². The molecule has 5 heterocycles. The summed E-state index contributed by atoms with van der Waals surface area (Å²) in [7, 11) is 4.40. The van der Waals surface area contributed by atoms with Crippen molar-refractivity contribution in [3.8, 4) is 0 Å². The predicted molar refractivity (Wildman–Crippen MR) is 143 cm³/mol. The molecule has 0 amide bonds. The van der Waals surface area contributed by atoms with E-state index < -0.39 is 0 Å². The lowest BCUT2D eigenvalue weighted by molar-refractivity contribution is 0.0865. The van der Waals surface area contributed by atoms with Crippen molar-refractivity contribution in [2.24, 2.45) is 5.92 Å². The number of rotatable bonds is 3. The van der Waals surface area contributed by atoms with Crippen LogP contribution in [0.3, 0.4) is 0 Å². The quantitative estimate of drug-likeness (QED) is 0.609. The Balaban J connectivity index is 1.43. The lowest BCUT2D eigenvalue weighted by Crippen LogP contribution is -2.50. The first-order valence-corrected chi connectivity index (χ1v) is 12.7. The van der Waals surface area contributed by atoms with Crippen LogP contribution >= 0.6 is 0 Å². The minimum Gasteiger partial charge on any atom is -0.370 e. The van der Waals surface area contributed by atoms with Crippen LogP contribution in [-0.2, 0) is 0 Å². The molecule has 184 valence electrons. The van der Waals surface area contributed by atoms with Crippen molar-refractivity contribution < 1.29 is 0 Å². The predicted octanol–water partition coefficient (Wildman–Crippen LogP) is 5.30. The fourth-order valence-corrected chi connectivity index (χ4v) is 5.37. The van der Waals surface area contributed by atoms with E-state index in [0.717, 1.165) is 60.6 Å². The summed E-state index contributed by atoms with van der Waals surface area (Å²) >= 11 is 0. The van der Waals surface area contributed by atoms with E-state index in [0.29, 0.717) is 5.92 Å². The van der Waals surface area contributed by atoms with Crippen LogP contribution in [0, 0.1) is 19.8 Å². The van der Waals surface area contributed by atoms with Gasteiger partial charge in [-0.2, -0.15) is 5.10 Å². The second kappa shape index (κ2) is 8.83. The van der Waals surface area contributed by atoms with Crippen LogP contribution in [0.4, 0.5) is 0 Å². The number of hydrogen-bond acceptors (Lipinski definition) is 5. The first-order valence-electron chi connectivity index (χ1n) is 12.7. The van der Waals surface area contributed by atoms with Crippen LogP contribution in [-0.4, -0.2) is 62.0 Å². The molecule has 2 aromatic heterocycles. The molecule has 3 aliphatic rings. The summed E-state index contributed by atoms with van der Waals surface area (Å²) in [6, 6.07) is 2.16. The Morgan fingerprint density at radius 1 is 1.11 bits per heavy atom. The Bertz CT molecular complexity index is 1280. The number of allylic oxidation sites excluding steroid dienone is 5. The minimum absolute atomic E-state index is 0.277. The van der Waals surface area contributed by atoms with E-state index in [-0.39, 0.29) is 5.54 Å². The van der Waals surface area contributed by atoms with Gasteiger partial charge in [0.2, 0.25) is 0 Å². The molecule has 0 aliphatic carbocycles. The van der Waals surface area contributed by atoms with Crippen LogP contribution in [0.1, 0.15) is 50.2 Å². The summed E-state index contributed by atoms with van der Waals surface area (Å²) in [5.74, 6) is 0.338. The monoisotopic (exact) mass is 470 g/mol. The standard InChI is InChI=1S/C29H38N6/c1-20-8-9-24-10-11-25(33-14-12-29(5,13-15-33)32(6)7)19-34(24)22(3)16-26(20)27-17-28-23(4)30-21(2)18-35(28)31-27/h9-11,16-20H,3,8,12-15H2,1-2,4-7H3. The molecular weight excluding hydrogens is 432 g/mol. The highest BCUT2D eigenvalue weighted by Crippen LogP contribution is 2.35. The average molecular weight is 471 g/mol. The minimum atomic E-state index is 0.277. The SMILES string of the molecule is C=C1C=C(c2cc3c(C)nc(C)cn3n2)C(C)CC=C2C=CC(N3CCC(C)(N(C)C)CC3)=CN12. The summed E-state index contributed by atoms with van der Waals surface area (Å²) in [5.41, 5.74) is 8.96. The Morgan fingerprint density at radius 3 is 2.54 bits per heavy atom. The number of nitrogens with zero attached hydrogens (tertiary/aromatic N) is 6.